The molecule has 0 rings (SSSR count). The molecule has 59 heavy (non-hydrogen) atoms. The Labute approximate surface area is 364 Å². The molecular weight excluding hydrogens is 760 g/mol. The minimum Gasteiger partial charge on any atom is -0.462 e. The van der Waals surface area contributed by atoms with Crippen molar-refractivity contribution in [3.05, 3.63) is 24.3 Å². The van der Waals surface area contributed by atoms with Gasteiger partial charge in [-0.05, 0) is 71.1 Å². The first-order valence-electron chi connectivity index (χ1n) is 25.1. The number of carbonyl (C=O) groups is 2. The SMILES string of the molecule is CCCCCCCCC/C=C\CCCCCCCC(=O)OCC(COP(=O)(O)OCC)OC(=O)CCCCCCCCCCCCC/C=C\CCCCCCCCCC. The lowest BCUT2D eigenvalue weighted by atomic mass is 10.0. The molecule has 0 aliphatic carbocycles. The van der Waals surface area contributed by atoms with Crippen LogP contribution in [0.5, 0.6) is 0 Å². The number of hydrogen-bond acceptors (Lipinski definition) is 7. The maximum atomic E-state index is 12.6. The van der Waals surface area contributed by atoms with Crippen LogP contribution in [0.1, 0.15) is 258 Å². The average Bonchev–Trinajstić information content (AvgIpc) is 3.22. The Morgan fingerprint density at radius 3 is 1.12 bits per heavy atom. The van der Waals surface area contributed by atoms with Gasteiger partial charge in [-0.2, -0.15) is 0 Å². The lowest BCUT2D eigenvalue weighted by Crippen LogP contribution is -2.29. The Morgan fingerprint density at radius 2 is 0.763 bits per heavy atom. The Balaban J connectivity index is 3.97. The van der Waals surface area contributed by atoms with E-state index in [1.807, 2.05) is 0 Å². The minimum absolute atomic E-state index is 0.000764. The highest BCUT2D eigenvalue weighted by atomic mass is 31.2. The number of esters is 2. The molecule has 2 unspecified atom stereocenters. The summed E-state index contributed by atoms with van der Waals surface area (Å²) in [6, 6.07) is 0. The topological polar surface area (TPSA) is 108 Å². The van der Waals surface area contributed by atoms with Crippen LogP contribution in [0, 0.1) is 0 Å². The summed E-state index contributed by atoms with van der Waals surface area (Å²) in [4.78, 5) is 34.9. The summed E-state index contributed by atoms with van der Waals surface area (Å²) in [6.45, 7) is 5.50. The molecule has 9 heteroatoms. The van der Waals surface area contributed by atoms with Crippen LogP contribution in [0.4, 0.5) is 0 Å². The van der Waals surface area contributed by atoms with Crippen LogP contribution in [0.2, 0.25) is 0 Å². The molecule has 0 heterocycles. The molecule has 2 atom stereocenters. The van der Waals surface area contributed by atoms with Crippen molar-refractivity contribution < 1.29 is 37.6 Å². The summed E-state index contributed by atoms with van der Waals surface area (Å²) in [5, 5.41) is 0. The number of rotatable bonds is 47. The first-order valence-corrected chi connectivity index (χ1v) is 26.6. The second kappa shape index (κ2) is 46.0. The lowest BCUT2D eigenvalue weighted by Gasteiger charge is -2.19. The van der Waals surface area contributed by atoms with Gasteiger partial charge in [0.2, 0.25) is 0 Å². The first kappa shape index (κ1) is 57.5. The second-order valence-corrected chi connectivity index (χ2v) is 18.3. The van der Waals surface area contributed by atoms with Gasteiger partial charge < -0.3 is 14.4 Å². The van der Waals surface area contributed by atoms with Crippen LogP contribution in [-0.4, -0.2) is 42.8 Å². The molecule has 0 aliphatic heterocycles. The van der Waals surface area contributed by atoms with Crippen LogP contribution >= 0.6 is 7.82 Å². The van der Waals surface area contributed by atoms with E-state index in [0.717, 1.165) is 44.9 Å². The van der Waals surface area contributed by atoms with Crippen molar-refractivity contribution in [2.24, 2.45) is 0 Å². The highest BCUT2D eigenvalue weighted by Gasteiger charge is 2.25. The van der Waals surface area contributed by atoms with E-state index in [1.165, 1.54) is 173 Å². The smallest absolute Gasteiger partial charge is 0.462 e. The maximum Gasteiger partial charge on any atom is 0.472 e. The molecule has 0 aromatic carbocycles. The van der Waals surface area contributed by atoms with E-state index in [-0.39, 0.29) is 32.0 Å². The third-order valence-corrected chi connectivity index (χ3v) is 12.0. The third kappa shape index (κ3) is 45.9. The van der Waals surface area contributed by atoms with Crippen LogP contribution in [-0.2, 0) is 32.7 Å². The normalized spacial score (nSPS) is 13.4. The fourth-order valence-corrected chi connectivity index (χ4v) is 8.02. The molecule has 8 nitrogen and oxygen atoms in total. The van der Waals surface area contributed by atoms with Crippen molar-refractivity contribution >= 4 is 19.8 Å². The number of phosphoric acid groups is 1. The van der Waals surface area contributed by atoms with Crippen LogP contribution in [0.15, 0.2) is 24.3 Å². The summed E-state index contributed by atoms with van der Waals surface area (Å²) < 4.78 is 32.8. The van der Waals surface area contributed by atoms with Gasteiger partial charge in [0.25, 0.3) is 0 Å². The molecule has 0 bridgehead atoms. The van der Waals surface area contributed by atoms with Gasteiger partial charge in [-0.15, -0.1) is 0 Å². The number of unbranched alkanes of at least 4 members (excludes halogenated alkanes) is 31. The van der Waals surface area contributed by atoms with Crippen molar-refractivity contribution in [2.75, 3.05) is 19.8 Å². The number of allylic oxidation sites excluding steroid dienone is 4. The van der Waals surface area contributed by atoms with E-state index in [9.17, 15) is 19.0 Å². The van der Waals surface area contributed by atoms with E-state index in [2.05, 4.69) is 38.2 Å². The maximum absolute atomic E-state index is 12.6. The van der Waals surface area contributed by atoms with Crippen molar-refractivity contribution in [1.29, 1.82) is 0 Å². The molecule has 348 valence electrons. The van der Waals surface area contributed by atoms with E-state index in [1.54, 1.807) is 6.92 Å². The molecular formula is C50H95O8P. The standard InChI is InChI=1S/C50H95O8P/c1-4-7-9-11-13-15-17-19-21-23-24-25-26-27-28-29-31-33-35-37-39-41-43-45-50(52)58-48(47-57-59(53,54)56-6-3)46-55-49(51)44-42-40-38-36-34-32-30-22-20-18-16-14-12-10-8-5-2/h22-24,30,48H,4-21,25-29,31-47H2,1-3H3,(H,53,54)/b24-23-,30-22-. The summed E-state index contributed by atoms with van der Waals surface area (Å²) >= 11 is 0. The van der Waals surface area contributed by atoms with Gasteiger partial charge in [-0.1, -0.05) is 199 Å². The van der Waals surface area contributed by atoms with Crippen LogP contribution < -0.4 is 0 Å². The van der Waals surface area contributed by atoms with Gasteiger partial charge >= 0.3 is 19.8 Å². The predicted molar refractivity (Wildman–Crippen MR) is 249 cm³/mol. The Bertz CT molecular complexity index is 1010. The number of phosphoric ester groups is 1. The Kier molecular flexibility index (Phi) is 44.9. The first-order chi connectivity index (χ1) is 28.8. The van der Waals surface area contributed by atoms with Gasteiger partial charge in [-0.3, -0.25) is 18.6 Å². The Morgan fingerprint density at radius 1 is 0.441 bits per heavy atom. The van der Waals surface area contributed by atoms with Gasteiger partial charge in [0.05, 0.1) is 13.2 Å². The minimum atomic E-state index is -4.28. The quantitative estimate of drug-likeness (QED) is 0.0279. The monoisotopic (exact) mass is 855 g/mol. The zero-order valence-corrected chi connectivity index (χ0v) is 39.8. The van der Waals surface area contributed by atoms with Crippen molar-refractivity contribution in [3.63, 3.8) is 0 Å². The number of carbonyl (C=O) groups excluding carboxylic acids is 2. The second-order valence-electron chi connectivity index (χ2n) is 16.8. The number of ether oxygens (including phenoxy) is 2. The molecule has 0 amide bonds. The zero-order chi connectivity index (χ0) is 43.2. The molecule has 0 spiro atoms. The summed E-state index contributed by atoms with van der Waals surface area (Å²) in [6.07, 6.45) is 52.4. The largest absolute Gasteiger partial charge is 0.472 e. The summed E-state index contributed by atoms with van der Waals surface area (Å²) in [5.41, 5.74) is 0. The van der Waals surface area contributed by atoms with Crippen molar-refractivity contribution in [1.82, 2.24) is 0 Å². The summed E-state index contributed by atoms with van der Waals surface area (Å²) in [7, 11) is -4.28. The molecule has 0 aromatic rings. The van der Waals surface area contributed by atoms with E-state index < -0.39 is 26.5 Å². The lowest BCUT2D eigenvalue weighted by molar-refractivity contribution is -0.161. The van der Waals surface area contributed by atoms with Crippen LogP contribution in [0.3, 0.4) is 0 Å². The van der Waals surface area contributed by atoms with Crippen molar-refractivity contribution in [3.8, 4) is 0 Å². The van der Waals surface area contributed by atoms with Gasteiger partial charge in [0, 0.05) is 12.8 Å². The van der Waals surface area contributed by atoms with E-state index in [0.29, 0.717) is 6.42 Å². The number of hydrogen-bond donors (Lipinski definition) is 1. The zero-order valence-electron chi connectivity index (χ0n) is 38.9. The van der Waals surface area contributed by atoms with Crippen molar-refractivity contribution in [2.45, 2.75) is 264 Å². The van der Waals surface area contributed by atoms with Gasteiger partial charge in [-0.25, -0.2) is 4.57 Å². The van der Waals surface area contributed by atoms with E-state index >= 15 is 0 Å². The fraction of sp³-hybridized carbons (Fsp3) is 0.880. The van der Waals surface area contributed by atoms with E-state index in [4.69, 9.17) is 18.5 Å². The fourth-order valence-electron chi connectivity index (χ4n) is 7.27. The van der Waals surface area contributed by atoms with Gasteiger partial charge in [0.1, 0.15) is 6.61 Å². The molecule has 0 saturated carbocycles. The molecule has 0 fully saturated rings. The predicted octanol–water partition coefficient (Wildman–Crippen LogP) is 16.2. The van der Waals surface area contributed by atoms with Crippen LogP contribution in [0.25, 0.3) is 0 Å². The highest BCUT2D eigenvalue weighted by molar-refractivity contribution is 7.47. The Hall–Kier alpha value is -1.47. The molecule has 0 radical (unpaired) electrons. The highest BCUT2D eigenvalue weighted by Crippen LogP contribution is 2.43. The molecule has 0 aliphatic rings. The molecule has 1 N–H and O–H groups in total. The molecule has 0 saturated heterocycles. The molecule has 0 aromatic heterocycles. The summed E-state index contributed by atoms with van der Waals surface area (Å²) in [5.74, 6) is -0.797. The third-order valence-electron chi connectivity index (χ3n) is 11.0. The average molecular weight is 855 g/mol. The van der Waals surface area contributed by atoms with Gasteiger partial charge in [0.15, 0.2) is 6.10 Å².